The Balaban J connectivity index is 2.28. The molecule has 0 bridgehead atoms. The normalized spacial score (nSPS) is 21.0. The molecule has 0 radical (unpaired) electrons. The van der Waals surface area contributed by atoms with Crippen LogP contribution in [0, 0.1) is 10.1 Å². The maximum absolute atomic E-state index is 12.7. The van der Waals surface area contributed by atoms with Gasteiger partial charge in [-0.3, -0.25) is 10.1 Å². The van der Waals surface area contributed by atoms with E-state index in [1.807, 2.05) is 0 Å². The molecule has 1 aromatic heterocycles. The first-order chi connectivity index (χ1) is 11.1. The lowest BCUT2D eigenvalue weighted by atomic mass is 9.92. The van der Waals surface area contributed by atoms with Gasteiger partial charge in [0, 0.05) is 15.0 Å². The van der Waals surface area contributed by atoms with E-state index in [0.717, 1.165) is 11.3 Å². The van der Waals surface area contributed by atoms with E-state index in [1.54, 1.807) is 18.2 Å². The van der Waals surface area contributed by atoms with Gasteiger partial charge in [-0.2, -0.15) is 25.8 Å². The maximum Gasteiger partial charge on any atom is 0.523 e. The van der Waals surface area contributed by atoms with E-state index in [4.69, 9.17) is 0 Å². The molecule has 128 valence electrons. The fraction of sp³-hybridized carbons (Fsp3) is 0.231. The summed E-state index contributed by atoms with van der Waals surface area (Å²) in [6, 6.07) is 6.33. The Labute approximate surface area is 137 Å². The number of fused-ring (bicyclic) bond motifs is 3. The first-order valence-corrected chi connectivity index (χ1v) is 8.66. The molecule has 0 aliphatic heterocycles. The largest absolute Gasteiger partial charge is 0.523 e. The fourth-order valence-corrected chi connectivity index (χ4v) is 4.38. The smallest absolute Gasteiger partial charge is 0.261 e. The average molecular weight is 379 g/mol. The molecule has 24 heavy (non-hydrogen) atoms. The summed E-state index contributed by atoms with van der Waals surface area (Å²) in [5, 5.41) is 11.9. The van der Waals surface area contributed by atoms with Crippen molar-refractivity contribution in [3.63, 3.8) is 0 Å². The highest BCUT2D eigenvalue weighted by Crippen LogP contribution is 2.47. The Bertz CT molecular complexity index is 964. The molecule has 1 aromatic carbocycles. The second kappa shape index (κ2) is 5.26. The van der Waals surface area contributed by atoms with Crippen molar-refractivity contribution < 1.29 is 30.7 Å². The Morgan fingerprint density at radius 3 is 2.58 bits per heavy atom. The summed E-state index contributed by atoms with van der Waals surface area (Å²) in [7, 11) is -6.16. The third-order valence-electron chi connectivity index (χ3n) is 3.50. The first kappa shape index (κ1) is 16.9. The van der Waals surface area contributed by atoms with Gasteiger partial charge in [0.15, 0.2) is 0 Å². The lowest BCUT2D eigenvalue weighted by Gasteiger charge is -2.26. The molecule has 1 aliphatic rings. The molecule has 1 aliphatic carbocycles. The number of nitro groups is 1. The number of nitrogens with zero attached hydrogens (tertiary/aromatic N) is 1. The van der Waals surface area contributed by atoms with Crippen molar-refractivity contribution in [1.82, 2.24) is 0 Å². The Morgan fingerprint density at radius 1 is 1.29 bits per heavy atom. The number of hydrogen-bond acceptors (Lipinski definition) is 6. The molecule has 0 saturated carbocycles. The third kappa shape index (κ3) is 2.39. The zero-order valence-electron chi connectivity index (χ0n) is 11.6. The Morgan fingerprint density at radius 2 is 1.96 bits per heavy atom. The van der Waals surface area contributed by atoms with Crippen LogP contribution in [0.4, 0.5) is 13.2 Å². The molecule has 3 rings (SSSR count). The van der Waals surface area contributed by atoms with E-state index in [1.165, 1.54) is 18.2 Å². The van der Waals surface area contributed by atoms with Gasteiger partial charge in [0.25, 0.3) is 0 Å². The van der Waals surface area contributed by atoms with E-state index in [2.05, 4.69) is 4.18 Å². The molecule has 0 saturated heterocycles. The van der Waals surface area contributed by atoms with E-state index < -0.39 is 32.7 Å². The van der Waals surface area contributed by atoms with Crippen LogP contribution in [0.15, 0.2) is 30.3 Å². The molecular weight excluding hydrogens is 371 g/mol. The Hall–Kier alpha value is -1.98. The molecule has 1 heterocycles. The number of benzene rings is 1. The maximum atomic E-state index is 12.7. The summed E-state index contributed by atoms with van der Waals surface area (Å²) in [6.45, 7) is 0. The van der Waals surface area contributed by atoms with Gasteiger partial charge in [0.05, 0.1) is 16.9 Å². The molecule has 0 fully saturated rings. The summed E-state index contributed by atoms with van der Waals surface area (Å²) in [6.07, 6.45) is 2.10. The van der Waals surface area contributed by atoms with Crippen LogP contribution in [0.3, 0.4) is 0 Å². The van der Waals surface area contributed by atoms with Crippen molar-refractivity contribution >= 4 is 37.6 Å². The number of thiophene rings is 1. The van der Waals surface area contributed by atoms with Gasteiger partial charge in [-0.1, -0.05) is 24.3 Å². The van der Waals surface area contributed by atoms with Crippen LogP contribution in [-0.2, 0) is 20.0 Å². The SMILES string of the molecule is O=[N+]([O-])C1(OS(=O)(=O)C(F)(F)F)CC=Cc2sc3ccccc3c21. The highest BCUT2D eigenvalue weighted by atomic mass is 32.2. The number of alkyl halides is 3. The van der Waals surface area contributed by atoms with Crippen molar-refractivity contribution in [3.8, 4) is 0 Å². The van der Waals surface area contributed by atoms with Gasteiger partial charge in [-0.15, -0.1) is 11.3 Å². The minimum Gasteiger partial charge on any atom is -0.261 e. The summed E-state index contributed by atoms with van der Waals surface area (Å²) in [4.78, 5) is 10.8. The van der Waals surface area contributed by atoms with Gasteiger partial charge < -0.3 is 0 Å². The number of rotatable bonds is 3. The molecule has 2 aromatic rings. The van der Waals surface area contributed by atoms with Gasteiger partial charge >= 0.3 is 21.4 Å². The van der Waals surface area contributed by atoms with Crippen molar-refractivity contribution in [3.05, 3.63) is 50.9 Å². The molecule has 0 spiro atoms. The molecule has 1 atom stereocenters. The lowest BCUT2D eigenvalue weighted by Crippen LogP contribution is -2.44. The quantitative estimate of drug-likeness (QED) is 0.267. The standard InChI is InChI=1S/C13H8F3NO5S2/c14-13(15,16)24(20,21)22-12(17(18)19)7-3-6-10-11(12)8-4-1-2-5-9(8)23-10/h1-6H,7H2. The minimum absolute atomic E-state index is 0.177. The predicted octanol–water partition coefficient (Wildman–Crippen LogP) is 3.61. The topological polar surface area (TPSA) is 86.5 Å². The third-order valence-corrected chi connectivity index (χ3v) is 5.70. The van der Waals surface area contributed by atoms with Gasteiger partial charge in [0.1, 0.15) is 0 Å². The average Bonchev–Trinajstić information content (AvgIpc) is 2.85. The van der Waals surface area contributed by atoms with Crippen molar-refractivity contribution in [2.75, 3.05) is 0 Å². The highest BCUT2D eigenvalue weighted by molar-refractivity contribution is 7.87. The van der Waals surface area contributed by atoms with E-state index in [0.29, 0.717) is 4.70 Å². The molecule has 0 N–H and O–H groups in total. The molecule has 1 unspecified atom stereocenters. The number of halogens is 3. The Kier molecular flexibility index (Phi) is 3.70. The second-order valence-electron chi connectivity index (χ2n) is 4.97. The first-order valence-electron chi connectivity index (χ1n) is 6.43. The highest BCUT2D eigenvalue weighted by Gasteiger charge is 2.60. The van der Waals surface area contributed by atoms with Gasteiger partial charge in [-0.25, -0.2) is 0 Å². The molecular formula is C13H8F3NO5S2. The van der Waals surface area contributed by atoms with Crippen LogP contribution < -0.4 is 0 Å². The van der Waals surface area contributed by atoms with Crippen molar-refractivity contribution in [2.24, 2.45) is 0 Å². The van der Waals surface area contributed by atoms with Crippen LogP contribution >= 0.6 is 11.3 Å². The lowest BCUT2D eigenvalue weighted by molar-refractivity contribution is -0.626. The van der Waals surface area contributed by atoms with Crippen LogP contribution in [0.2, 0.25) is 0 Å². The van der Waals surface area contributed by atoms with Gasteiger partial charge in [-0.05, 0) is 12.1 Å². The van der Waals surface area contributed by atoms with Gasteiger partial charge in [0.2, 0.25) is 0 Å². The van der Waals surface area contributed by atoms with Crippen LogP contribution in [-0.4, -0.2) is 18.8 Å². The molecule has 11 heteroatoms. The van der Waals surface area contributed by atoms with E-state index in [-0.39, 0.29) is 15.8 Å². The molecule has 6 nitrogen and oxygen atoms in total. The summed E-state index contributed by atoms with van der Waals surface area (Å²) < 4.78 is 65.7. The van der Waals surface area contributed by atoms with E-state index in [9.17, 15) is 31.7 Å². The zero-order valence-corrected chi connectivity index (χ0v) is 13.2. The predicted molar refractivity (Wildman–Crippen MR) is 80.2 cm³/mol. The monoisotopic (exact) mass is 379 g/mol. The summed E-state index contributed by atoms with van der Waals surface area (Å²) in [5.74, 6) is 0. The summed E-state index contributed by atoms with van der Waals surface area (Å²) >= 11 is 1.11. The summed E-state index contributed by atoms with van der Waals surface area (Å²) in [5.41, 5.74) is -8.79. The van der Waals surface area contributed by atoms with Crippen LogP contribution in [0.1, 0.15) is 16.9 Å². The number of hydrogen-bond donors (Lipinski definition) is 0. The van der Waals surface area contributed by atoms with Crippen LogP contribution in [0.5, 0.6) is 0 Å². The molecule has 0 amide bonds. The van der Waals surface area contributed by atoms with Crippen LogP contribution in [0.25, 0.3) is 16.2 Å². The minimum atomic E-state index is -6.16. The zero-order chi connectivity index (χ0) is 17.8. The second-order valence-corrected chi connectivity index (χ2v) is 7.59. The van der Waals surface area contributed by atoms with Crippen molar-refractivity contribution in [1.29, 1.82) is 0 Å². The fourth-order valence-electron chi connectivity index (χ4n) is 2.51. The van der Waals surface area contributed by atoms with Crippen molar-refractivity contribution in [2.45, 2.75) is 17.7 Å². The van der Waals surface area contributed by atoms with E-state index >= 15 is 0 Å².